The van der Waals surface area contributed by atoms with E-state index in [0.29, 0.717) is 5.56 Å². The van der Waals surface area contributed by atoms with E-state index in [2.05, 4.69) is 15.3 Å². The maximum atomic E-state index is 13.5. The molecule has 0 aliphatic heterocycles. The average Bonchev–Trinajstić information content (AvgIpc) is 3.24. The van der Waals surface area contributed by atoms with Crippen LogP contribution in [0.1, 0.15) is 21.6 Å². The van der Waals surface area contributed by atoms with Crippen molar-refractivity contribution < 1.29 is 18.0 Å². The van der Waals surface area contributed by atoms with Crippen LogP contribution in [0.3, 0.4) is 0 Å². The Bertz CT molecular complexity index is 1210. The number of nitrogens with zero attached hydrogens (tertiary/aromatic N) is 3. The molecule has 1 aromatic carbocycles. The Kier molecular flexibility index (Phi) is 4.50. The van der Waals surface area contributed by atoms with Gasteiger partial charge < -0.3 is 11.1 Å². The largest absolute Gasteiger partial charge is 0.435 e. The quantitative estimate of drug-likeness (QED) is 0.509. The number of pyridine rings is 1. The molecular weight excluding hydrogens is 403 g/mol. The summed E-state index contributed by atoms with van der Waals surface area (Å²) in [4.78, 5) is 20.3. The van der Waals surface area contributed by atoms with Crippen LogP contribution in [0.25, 0.3) is 16.2 Å². The molecule has 148 valence electrons. The van der Waals surface area contributed by atoms with Gasteiger partial charge in [-0.25, -0.2) is 9.97 Å². The molecule has 0 saturated carbocycles. The zero-order valence-electron chi connectivity index (χ0n) is 15.0. The van der Waals surface area contributed by atoms with Crippen molar-refractivity contribution in [3.05, 3.63) is 64.8 Å². The van der Waals surface area contributed by atoms with Gasteiger partial charge in [-0.3, -0.25) is 9.20 Å². The fraction of sp³-hybridized carbons (Fsp3) is 0.105. The summed E-state index contributed by atoms with van der Waals surface area (Å²) in [6.45, 7) is 1.90. The number of imidazole rings is 1. The van der Waals surface area contributed by atoms with Crippen molar-refractivity contribution in [1.29, 1.82) is 0 Å². The van der Waals surface area contributed by atoms with Crippen molar-refractivity contribution in [3.63, 3.8) is 0 Å². The van der Waals surface area contributed by atoms with Gasteiger partial charge in [0.25, 0.3) is 5.91 Å². The minimum atomic E-state index is -4.65. The second kappa shape index (κ2) is 6.89. The number of thiazole rings is 1. The van der Waals surface area contributed by atoms with E-state index in [1.54, 1.807) is 29.6 Å². The fourth-order valence-corrected chi connectivity index (χ4v) is 3.59. The molecule has 10 heteroatoms. The second-order valence-corrected chi connectivity index (χ2v) is 7.18. The smallest absolute Gasteiger partial charge is 0.383 e. The summed E-state index contributed by atoms with van der Waals surface area (Å²) in [5.41, 5.74) is 6.25. The first-order valence-corrected chi connectivity index (χ1v) is 9.29. The number of alkyl halides is 3. The number of amides is 1. The summed E-state index contributed by atoms with van der Waals surface area (Å²) in [7, 11) is 0. The van der Waals surface area contributed by atoms with Crippen molar-refractivity contribution >= 4 is 33.8 Å². The molecule has 0 radical (unpaired) electrons. The molecule has 0 saturated heterocycles. The van der Waals surface area contributed by atoms with Crippen molar-refractivity contribution in [2.75, 3.05) is 11.1 Å². The summed E-state index contributed by atoms with van der Waals surface area (Å²) in [5.74, 6) is -0.410. The lowest BCUT2D eigenvalue weighted by molar-refractivity contribution is -0.140. The zero-order chi connectivity index (χ0) is 20.8. The Balaban J connectivity index is 1.70. The number of nitrogen functional groups attached to an aromatic ring is 1. The normalized spacial score (nSPS) is 11.7. The van der Waals surface area contributed by atoms with E-state index < -0.39 is 17.8 Å². The van der Waals surface area contributed by atoms with E-state index in [1.165, 1.54) is 22.7 Å². The van der Waals surface area contributed by atoms with E-state index in [9.17, 15) is 18.0 Å². The van der Waals surface area contributed by atoms with Crippen molar-refractivity contribution in [3.8, 4) is 11.3 Å². The lowest BCUT2D eigenvalue weighted by Gasteiger charge is -2.11. The Morgan fingerprint density at radius 1 is 1.14 bits per heavy atom. The second-order valence-electron chi connectivity index (χ2n) is 6.31. The molecule has 6 nitrogen and oxygen atoms in total. The van der Waals surface area contributed by atoms with Crippen LogP contribution < -0.4 is 11.1 Å². The van der Waals surface area contributed by atoms with E-state index in [1.807, 2.05) is 6.92 Å². The van der Waals surface area contributed by atoms with Crippen molar-refractivity contribution in [1.82, 2.24) is 14.4 Å². The number of rotatable bonds is 3. The molecule has 3 heterocycles. The highest BCUT2D eigenvalue weighted by atomic mass is 32.1. The van der Waals surface area contributed by atoms with Gasteiger partial charge in [0.2, 0.25) is 0 Å². The maximum Gasteiger partial charge on any atom is 0.435 e. The molecule has 29 heavy (non-hydrogen) atoms. The van der Waals surface area contributed by atoms with Crippen molar-refractivity contribution in [2.45, 2.75) is 13.1 Å². The SMILES string of the molecule is Cc1ccc(C(=O)Nc2ccc(-c3c(C(F)(F)F)nc4sccn34)c(N)n2)cc1. The summed E-state index contributed by atoms with van der Waals surface area (Å²) in [5, 5.41) is 4.23. The first-order chi connectivity index (χ1) is 13.7. The Hall–Kier alpha value is -3.40. The third-order valence-electron chi connectivity index (χ3n) is 4.27. The third-order valence-corrected chi connectivity index (χ3v) is 5.02. The van der Waals surface area contributed by atoms with Gasteiger partial charge >= 0.3 is 6.18 Å². The predicted molar refractivity (Wildman–Crippen MR) is 105 cm³/mol. The molecule has 1 amide bonds. The minimum absolute atomic E-state index is 0.0801. The van der Waals surface area contributed by atoms with Crippen LogP contribution in [-0.4, -0.2) is 20.3 Å². The fourth-order valence-electron chi connectivity index (χ4n) is 2.88. The molecule has 3 N–H and O–H groups in total. The van der Waals surface area contributed by atoms with Gasteiger partial charge in [-0.05, 0) is 31.2 Å². The van der Waals surface area contributed by atoms with E-state index >= 15 is 0 Å². The molecule has 0 bridgehead atoms. The maximum absolute atomic E-state index is 13.5. The number of nitrogens with one attached hydrogen (secondary N) is 1. The van der Waals surface area contributed by atoms with Gasteiger partial charge in [-0.1, -0.05) is 17.7 Å². The lowest BCUT2D eigenvalue weighted by Crippen LogP contribution is -2.14. The van der Waals surface area contributed by atoms with Crippen LogP contribution in [0, 0.1) is 6.92 Å². The van der Waals surface area contributed by atoms with Crippen LogP contribution in [0.2, 0.25) is 0 Å². The number of aryl methyl sites for hydroxylation is 1. The number of nitrogens with two attached hydrogens (primary N) is 1. The van der Waals surface area contributed by atoms with E-state index in [-0.39, 0.29) is 27.9 Å². The standard InChI is InChI=1S/C19H14F3N5OS/c1-10-2-4-11(5-3-10)17(28)25-13-7-6-12(16(23)24-13)14-15(19(20,21)22)26-18-27(14)8-9-29-18/h2-9H,1H3,(H3,23,24,25,28). The number of aromatic nitrogens is 3. The summed E-state index contributed by atoms with van der Waals surface area (Å²) < 4.78 is 41.7. The van der Waals surface area contributed by atoms with Gasteiger partial charge in [0.1, 0.15) is 11.6 Å². The summed E-state index contributed by atoms with van der Waals surface area (Å²) >= 11 is 1.08. The van der Waals surface area contributed by atoms with Gasteiger partial charge in [0.15, 0.2) is 10.7 Å². The number of fused-ring (bicyclic) bond motifs is 1. The molecule has 4 aromatic rings. The first-order valence-electron chi connectivity index (χ1n) is 8.41. The number of hydrogen-bond acceptors (Lipinski definition) is 5. The summed E-state index contributed by atoms with van der Waals surface area (Å²) in [6, 6.07) is 9.72. The van der Waals surface area contributed by atoms with Gasteiger partial charge in [0.05, 0.1) is 5.69 Å². The predicted octanol–water partition coefficient (Wildman–Crippen LogP) is 4.62. The minimum Gasteiger partial charge on any atom is -0.383 e. The Labute approximate surface area is 166 Å². The van der Waals surface area contributed by atoms with Crippen LogP contribution >= 0.6 is 11.3 Å². The molecule has 0 fully saturated rings. The van der Waals surface area contributed by atoms with Crippen molar-refractivity contribution in [2.24, 2.45) is 0 Å². The average molecular weight is 417 g/mol. The van der Waals surface area contributed by atoms with Gasteiger partial charge in [0, 0.05) is 22.7 Å². The van der Waals surface area contributed by atoms with Gasteiger partial charge in [-0.2, -0.15) is 13.2 Å². The Morgan fingerprint density at radius 3 is 2.52 bits per heavy atom. The lowest BCUT2D eigenvalue weighted by atomic mass is 10.1. The number of anilines is 2. The molecule has 0 unspecified atom stereocenters. The molecule has 0 aliphatic rings. The zero-order valence-corrected chi connectivity index (χ0v) is 15.8. The van der Waals surface area contributed by atoms with Crippen LogP contribution in [0.15, 0.2) is 48.0 Å². The molecule has 0 aliphatic carbocycles. The number of hydrogen-bond donors (Lipinski definition) is 2. The highest BCUT2D eigenvalue weighted by Gasteiger charge is 2.39. The Morgan fingerprint density at radius 2 is 1.86 bits per heavy atom. The molecule has 3 aromatic heterocycles. The van der Waals surface area contributed by atoms with Gasteiger partial charge in [-0.15, -0.1) is 11.3 Å². The summed E-state index contributed by atoms with van der Waals surface area (Å²) in [6.07, 6.45) is -3.16. The highest BCUT2D eigenvalue weighted by Crippen LogP contribution is 2.39. The molecular formula is C19H14F3N5OS. The number of halogens is 3. The highest BCUT2D eigenvalue weighted by molar-refractivity contribution is 7.15. The molecule has 0 spiro atoms. The monoisotopic (exact) mass is 417 g/mol. The van der Waals surface area contributed by atoms with Crippen LogP contribution in [0.5, 0.6) is 0 Å². The number of carbonyl (C=O) groups excluding carboxylic acids is 1. The van der Waals surface area contributed by atoms with Crippen LogP contribution in [-0.2, 0) is 6.18 Å². The van der Waals surface area contributed by atoms with Crippen LogP contribution in [0.4, 0.5) is 24.8 Å². The number of carbonyl (C=O) groups is 1. The molecule has 4 rings (SSSR count). The number of benzene rings is 1. The van der Waals surface area contributed by atoms with E-state index in [0.717, 1.165) is 16.9 Å². The molecule has 0 atom stereocenters. The topological polar surface area (TPSA) is 85.3 Å². The van der Waals surface area contributed by atoms with E-state index in [4.69, 9.17) is 5.73 Å². The first kappa shape index (κ1) is 18.9. The third kappa shape index (κ3) is 3.54.